The van der Waals surface area contributed by atoms with Crippen LogP contribution in [-0.4, -0.2) is 24.1 Å². The standard InChI is InChI=1S/C13H25NS/c1-3-15-9-10(2)14-8-13-7-11-4-5-12(13)6-11/h10-14H,3-9H2,1-2H3. The summed E-state index contributed by atoms with van der Waals surface area (Å²) in [6.45, 7) is 5.86. The molecular weight excluding hydrogens is 202 g/mol. The molecule has 0 spiro atoms. The van der Waals surface area contributed by atoms with Crippen molar-refractivity contribution < 1.29 is 0 Å². The second-order valence-electron chi connectivity index (χ2n) is 5.40. The second-order valence-corrected chi connectivity index (χ2v) is 6.72. The molecule has 0 heterocycles. The first kappa shape index (κ1) is 11.8. The van der Waals surface area contributed by atoms with E-state index in [0.717, 1.165) is 17.8 Å². The zero-order valence-corrected chi connectivity index (χ0v) is 11.0. The van der Waals surface area contributed by atoms with Gasteiger partial charge in [0.25, 0.3) is 0 Å². The van der Waals surface area contributed by atoms with Crippen LogP contribution in [0.2, 0.25) is 0 Å². The number of thioether (sulfide) groups is 1. The lowest BCUT2D eigenvalue weighted by Crippen LogP contribution is -2.34. The Hall–Kier alpha value is 0.310. The van der Waals surface area contributed by atoms with Gasteiger partial charge in [0.2, 0.25) is 0 Å². The van der Waals surface area contributed by atoms with E-state index in [9.17, 15) is 0 Å². The third kappa shape index (κ3) is 3.13. The lowest BCUT2D eigenvalue weighted by molar-refractivity contribution is 0.312. The average Bonchev–Trinajstić information content (AvgIpc) is 2.84. The maximum absolute atomic E-state index is 3.72. The van der Waals surface area contributed by atoms with Gasteiger partial charge in [-0.15, -0.1) is 0 Å². The van der Waals surface area contributed by atoms with Gasteiger partial charge in [-0.1, -0.05) is 13.3 Å². The van der Waals surface area contributed by atoms with Gasteiger partial charge >= 0.3 is 0 Å². The Kier molecular flexibility index (Phi) is 4.39. The summed E-state index contributed by atoms with van der Waals surface area (Å²) in [7, 11) is 0. The molecule has 1 N–H and O–H groups in total. The van der Waals surface area contributed by atoms with E-state index in [1.54, 1.807) is 6.42 Å². The van der Waals surface area contributed by atoms with Crippen LogP contribution >= 0.6 is 11.8 Å². The van der Waals surface area contributed by atoms with Crippen LogP contribution in [0.5, 0.6) is 0 Å². The number of hydrogen-bond acceptors (Lipinski definition) is 2. The maximum atomic E-state index is 3.72. The fraction of sp³-hybridized carbons (Fsp3) is 1.00. The summed E-state index contributed by atoms with van der Waals surface area (Å²) in [6.07, 6.45) is 6.12. The highest BCUT2D eigenvalue weighted by Gasteiger charge is 2.38. The van der Waals surface area contributed by atoms with Crippen molar-refractivity contribution in [2.75, 3.05) is 18.1 Å². The summed E-state index contributed by atoms with van der Waals surface area (Å²) in [5, 5.41) is 3.72. The van der Waals surface area contributed by atoms with E-state index in [-0.39, 0.29) is 0 Å². The summed E-state index contributed by atoms with van der Waals surface area (Å²) in [5.41, 5.74) is 0. The minimum Gasteiger partial charge on any atom is -0.313 e. The molecule has 0 aliphatic heterocycles. The predicted octanol–water partition coefficient (Wildman–Crippen LogP) is 3.15. The van der Waals surface area contributed by atoms with Gasteiger partial charge in [0, 0.05) is 11.8 Å². The van der Waals surface area contributed by atoms with Gasteiger partial charge in [-0.25, -0.2) is 0 Å². The Balaban J connectivity index is 1.61. The topological polar surface area (TPSA) is 12.0 Å². The van der Waals surface area contributed by atoms with Crippen LogP contribution < -0.4 is 5.32 Å². The van der Waals surface area contributed by atoms with E-state index in [1.165, 1.54) is 37.3 Å². The summed E-state index contributed by atoms with van der Waals surface area (Å²) >= 11 is 2.05. The zero-order chi connectivity index (χ0) is 10.7. The van der Waals surface area contributed by atoms with E-state index in [4.69, 9.17) is 0 Å². The van der Waals surface area contributed by atoms with Crippen molar-refractivity contribution in [2.24, 2.45) is 17.8 Å². The molecule has 1 nitrogen and oxygen atoms in total. The largest absolute Gasteiger partial charge is 0.313 e. The Labute approximate surface area is 98.8 Å². The minimum atomic E-state index is 0.703. The number of hydrogen-bond donors (Lipinski definition) is 1. The Morgan fingerprint density at radius 2 is 2.20 bits per heavy atom. The molecule has 0 saturated heterocycles. The van der Waals surface area contributed by atoms with E-state index >= 15 is 0 Å². The fourth-order valence-corrected chi connectivity index (χ4v) is 4.04. The predicted molar refractivity (Wildman–Crippen MR) is 69.4 cm³/mol. The van der Waals surface area contributed by atoms with E-state index in [1.807, 2.05) is 0 Å². The number of fused-ring (bicyclic) bond motifs is 2. The fourth-order valence-electron chi connectivity index (χ4n) is 3.33. The van der Waals surface area contributed by atoms with Gasteiger partial charge in [-0.05, 0) is 56.2 Å². The van der Waals surface area contributed by atoms with Gasteiger partial charge in [-0.2, -0.15) is 11.8 Å². The van der Waals surface area contributed by atoms with E-state index < -0.39 is 0 Å². The molecule has 2 heteroatoms. The molecule has 0 aromatic heterocycles. The summed E-state index contributed by atoms with van der Waals surface area (Å²) in [4.78, 5) is 0. The third-order valence-electron chi connectivity index (χ3n) is 4.19. The number of rotatable bonds is 6. The molecule has 4 unspecified atom stereocenters. The number of nitrogens with one attached hydrogen (secondary N) is 1. The molecule has 2 aliphatic rings. The zero-order valence-electron chi connectivity index (χ0n) is 10.2. The lowest BCUT2D eigenvalue weighted by Gasteiger charge is -2.24. The minimum absolute atomic E-state index is 0.703. The molecule has 0 radical (unpaired) electrons. The molecule has 2 rings (SSSR count). The monoisotopic (exact) mass is 227 g/mol. The maximum Gasteiger partial charge on any atom is 0.0130 e. The molecule has 2 aliphatic carbocycles. The molecule has 2 bridgehead atoms. The molecular formula is C13H25NS. The van der Waals surface area contributed by atoms with Gasteiger partial charge in [-0.3, -0.25) is 0 Å². The highest BCUT2D eigenvalue weighted by atomic mass is 32.2. The van der Waals surface area contributed by atoms with Crippen LogP contribution in [0.3, 0.4) is 0 Å². The molecule has 0 amide bonds. The highest BCUT2D eigenvalue weighted by molar-refractivity contribution is 7.99. The van der Waals surface area contributed by atoms with Crippen molar-refractivity contribution in [1.29, 1.82) is 0 Å². The Bertz CT molecular complexity index is 195. The molecule has 4 atom stereocenters. The molecule has 0 aromatic carbocycles. The first-order valence-electron chi connectivity index (χ1n) is 6.60. The van der Waals surface area contributed by atoms with Crippen molar-refractivity contribution in [1.82, 2.24) is 5.32 Å². The van der Waals surface area contributed by atoms with Crippen LogP contribution in [0.4, 0.5) is 0 Å². The molecule has 2 saturated carbocycles. The van der Waals surface area contributed by atoms with Crippen molar-refractivity contribution in [3.63, 3.8) is 0 Å². The van der Waals surface area contributed by atoms with Crippen LogP contribution in [0, 0.1) is 17.8 Å². The van der Waals surface area contributed by atoms with Crippen LogP contribution in [0.1, 0.15) is 39.5 Å². The third-order valence-corrected chi connectivity index (χ3v) is 5.33. The second kappa shape index (κ2) is 5.58. The first-order chi connectivity index (χ1) is 7.29. The SMILES string of the molecule is CCSCC(C)NCC1CC2CCC1C2. The van der Waals surface area contributed by atoms with Crippen molar-refractivity contribution in [2.45, 2.75) is 45.6 Å². The lowest BCUT2D eigenvalue weighted by atomic mass is 9.89. The van der Waals surface area contributed by atoms with Gasteiger partial charge in [0.05, 0.1) is 0 Å². The molecule has 15 heavy (non-hydrogen) atoms. The molecule has 2 fully saturated rings. The summed E-state index contributed by atoms with van der Waals surface area (Å²) in [6, 6.07) is 0.703. The van der Waals surface area contributed by atoms with E-state index in [2.05, 4.69) is 30.9 Å². The van der Waals surface area contributed by atoms with Crippen molar-refractivity contribution >= 4 is 11.8 Å². The molecule has 88 valence electrons. The summed E-state index contributed by atoms with van der Waals surface area (Å²) < 4.78 is 0. The normalized spacial score (nSPS) is 36.0. The Morgan fingerprint density at radius 3 is 2.80 bits per heavy atom. The Morgan fingerprint density at radius 1 is 1.33 bits per heavy atom. The van der Waals surface area contributed by atoms with Crippen LogP contribution in [0.25, 0.3) is 0 Å². The van der Waals surface area contributed by atoms with Crippen LogP contribution in [0.15, 0.2) is 0 Å². The smallest absolute Gasteiger partial charge is 0.0130 e. The van der Waals surface area contributed by atoms with E-state index in [0.29, 0.717) is 6.04 Å². The van der Waals surface area contributed by atoms with Gasteiger partial charge < -0.3 is 5.32 Å². The van der Waals surface area contributed by atoms with Gasteiger partial charge in [0.1, 0.15) is 0 Å². The molecule has 0 aromatic rings. The quantitative estimate of drug-likeness (QED) is 0.748. The average molecular weight is 227 g/mol. The van der Waals surface area contributed by atoms with Crippen LogP contribution in [-0.2, 0) is 0 Å². The highest BCUT2D eigenvalue weighted by Crippen LogP contribution is 2.47. The first-order valence-corrected chi connectivity index (χ1v) is 7.76. The summed E-state index contributed by atoms with van der Waals surface area (Å²) in [5.74, 6) is 5.71. The van der Waals surface area contributed by atoms with Crippen molar-refractivity contribution in [3.8, 4) is 0 Å². The van der Waals surface area contributed by atoms with Crippen molar-refractivity contribution in [3.05, 3.63) is 0 Å². The van der Waals surface area contributed by atoms with Gasteiger partial charge in [0.15, 0.2) is 0 Å².